The molecular weight excluding hydrogens is 524 g/mol. The van der Waals surface area contributed by atoms with Crippen molar-refractivity contribution < 1.29 is 14.5 Å². The number of rotatable bonds is 4. The molecule has 2 aliphatic heterocycles. The second-order valence-corrected chi connectivity index (χ2v) is 12.9. The van der Waals surface area contributed by atoms with Gasteiger partial charge in [0.2, 0.25) is 11.8 Å². The molecule has 2 bridgehead atoms. The predicted molar refractivity (Wildman–Crippen MR) is 145 cm³/mol. The third-order valence-electron chi connectivity index (χ3n) is 8.81. The van der Waals surface area contributed by atoms with Crippen LogP contribution in [0.2, 0.25) is 0 Å². The minimum absolute atomic E-state index is 0.0193. The number of benzene rings is 2. The molecule has 0 unspecified atom stereocenters. The molecule has 1 aromatic heterocycles. The van der Waals surface area contributed by atoms with Crippen LogP contribution in [0.15, 0.2) is 58.4 Å². The summed E-state index contributed by atoms with van der Waals surface area (Å²) in [4.78, 5) is 57.8. The standard InChI is InChI=1S/C27H24N4O5S2/c1-29(2)13-5-3-12(4-6-13)18-19-16-11-17(22(19)37-24-23(18)38-27(34)28-24)21-20(16)25(32)30(26(21)33)14-7-9-15(10-8-14)31(35)36/h3-10,16-22H,11H2,1-2H3,(H,28,34)/t16-,17+,18-,19+,20-,21+,22-/m1/s1. The van der Waals surface area contributed by atoms with Gasteiger partial charge in [0.15, 0.2) is 0 Å². The van der Waals surface area contributed by atoms with E-state index in [9.17, 15) is 24.5 Å². The van der Waals surface area contributed by atoms with Gasteiger partial charge in [-0.1, -0.05) is 23.5 Å². The lowest BCUT2D eigenvalue weighted by atomic mass is 9.68. The molecule has 3 aromatic rings. The zero-order chi connectivity index (χ0) is 26.5. The van der Waals surface area contributed by atoms with Gasteiger partial charge in [0, 0.05) is 48.0 Å². The van der Waals surface area contributed by atoms with Crippen molar-refractivity contribution >= 4 is 52.0 Å². The minimum Gasteiger partial charge on any atom is -0.378 e. The van der Waals surface area contributed by atoms with E-state index in [2.05, 4.69) is 29.2 Å². The van der Waals surface area contributed by atoms with E-state index in [1.165, 1.54) is 40.5 Å². The fourth-order valence-electron chi connectivity index (χ4n) is 7.35. The Morgan fingerprint density at radius 2 is 1.63 bits per heavy atom. The van der Waals surface area contributed by atoms with E-state index in [4.69, 9.17) is 0 Å². The number of hydrogen-bond donors (Lipinski definition) is 1. The number of nitro groups is 1. The lowest BCUT2D eigenvalue weighted by molar-refractivity contribution is -0.384. The van der Waals surface area contributed by atoms with Crippen LogP contribution in [-0.4, -0.2) is 41.1 Å². The Balaban J connectivity index is 1.28. The number of thioether (sulfide) groups is 1. The number of nitrogens with zero attached hydrogens (tertiary/aromatic N) is 3. The van der Waals surface area contributed by atoms with Gasteiger partial charge in [-0.05, 0) is 54.0 Å². The highest BCUT2D eigenvalue weighted by atomic mass is 32.2. The molecule has 11 heteroatoms. The summed E-state index contributed by atoms with van der Waals surface area (Å²) in [6, 6.07) is 14.0. The fourth-order valence-corrected chi connectivity index (χ4v) is 10.2. The Bertz CT molecular complexity index is 1550. The number of nitro benzene ring substituents is 1. The Morgan fingerprint density at radius 1 is 0.974 bits per heavy atom. The van der Waals surface area contributed by atoms with Crippen LogP contribution in [-0.2, 0) is 9.59 Å². The molecular formula is C27H24N4O5S2. The highest BCUT2D eigenvalue weighted by molar-refractivity contribution is 8.00. The first kappa shape index (κ1) is 23.7. The number of non-ortho nitro benzene ring substituents is 1. The number of aromatic amines is 1. The molecule has 3 fully saturated rings. The third-order valence-corrected chi connectivity index (χ3v) is 11.4. The van der Waals surface area contributed by atoms with Crippen LogP contribution in [0.25, 0.3) is 0 Å². The predicted octanol–water partition coefficient (Wildman–Crippen LogP) is 4.09. The summed E-state index contributed by atoms with van der Waals surface area (Å²) >= 11 is 2.91. The van der Waals surface area contributed by atoms with Crippen molar-refractivity contribution in [2.24, 2.45) is 29.6 Å². The van der Waals surface area contributed by atoms with Crippen LogP contribution in [0.5, 0.6) is 0 Å². The first-order valence-corrected chi connectivity index (χ1v) is 14.2. The lowest BCUT2D eigenvalue weighted by Gasteiger charge is -2.43. The van der Waals surface area contributed by atoms with Crippen molar-refractivity contribution in [2.75, 3.05) is 23.9 Å². The SMILES string of the molecule is CN(C)c1ccc([C@H]2c3sc(=O)[nH]c3S[C@@H]3[C@H]4C[C@@H]([C@H]5C(=O)N(c6ccc([N+](=O)[O-])cc6)C(=O)[C@@H]45)[C@@H]23)cc1. The van der Waals surface area contributed by atoms with Crippen molar-refractivity contribution in [2.45, 2.75) is 22.6 Å². The zero-order valence-electron chi connectivity index (χ0n) is 20.6. The molecule has 2 aliphatic carbocycles. The Kier molecular flexibility index (Phi) is 5.15. The molecule has 1 N–H and O–H groups in total. The van der Waals surface area contributed by atoms with Crippen molar-refractivity contribution in [1.29, 1.82) is 0 Å². The number of anilines is 2. The average Bonchev–Trinajstić information content (AvgIpc) is 3.63. The molecule has 4 aliphatic rings. The average molecular weight is 549 g/mol. The maximum atomic E-state index is 13.8. The quantitative estimate of drug-likeness (QED) is 0.297. The van der Waals surface area contributed by atoms with Crippen LogP contribution < -0.4 is 14.7 Å². The van der Waals surface area contributed by atoms with Crippen LogP contribution in [0.1, 0.15) is 22.8 Å². The number of amides is 2. The second-order valence-electron chi connectivity index (χ2n) is 10.7. The highest BCUT2D eigenvalue weighted by Crippen LogP contribution is 2.68. The Labute approximate surface area is 226 Å². The van der Waals surface area contributed by atoms with Gasteiger partial charge in [0.1, 0.15) is 0 Å². The maximum Gasteiger partial charge on any atom is 0.305 e. The van der Waals surface area contributed by atoms with Gasteiger partial charge in [-0.15, -0.1) is 11.8 Å². The number of imide groups is 1. The van der Waals surface area contributed by atoms with Crippen LogP contribution in [0.3, 0.4) is 0 Å². The van der Waals surface area contributed by atoms with Gasteiger partial charge in [0.25, 0.3) is 5.69 Å². The normalized spacial score (nSPS) is 30.8. The summed E-state index contributed by atoms with van der Waals surface area (Å²) in [6.07, 6.45) is 0.814. The van der Waals surface area contributed by atoms with E-state index in [0.717, 1.165) is 27.6 Å². The van der Waals surface area contributed by atoms with Crippen molar-refractivity contribution in [3.63, 3.8) is 0 Å². The monoisotopic (exact) mass is 548 g/mol. The number of carbonyl (C=O) groups excluding carboxylic acids is 2. The van der Waals surface area contributed by atoms with Gasteiger partial charge in [-0.3, -0.25) is 29.4 Å². The molecule has 38 heavy (non-hydrogen) atoms. The molecule has 194 valence electrons. The number of carbonyl (C=O) groups is 2. The summed E-state index contributed by atoms with van der Waals surface area (Å²) in [5.41, 5.74) is 2.50. The molecule has 2 amide bonds. The summed E-state index contributed by atoms with van der Waals surface area (Å²) in [7, 11) is 3.99. The summed E-state index contributed by atoms with van der Waals surface area (Å²) in [5, 5.41) is 12.1. The van der Waals surface area contributed by atoms with E-state index in [0.29, 0.717) is 5.69 Å². The van der Waals surface area contributed by atoms with Crippen LogP contribution in [0.4, 0.5) is 17.1 Å². The number of nitrogens with one attached hydrogen (secondary N) is 1. The Morgan fingerprint density at radius 3 is 2.26 bits per heavy atom. The number of H-pyrrole nitrogens is 1. The smallest absolute Gasteiger partial charge is 0.305 e. The summed E-state index contributed by atoms with van der Waals surface area (Å²) < 4.78 is 0. The van der Waals surface area contributed by atoms with E-state index in [1.54, 1.807) is 11.8 Å². The highest BCUT2D eigenvalue weighted by Gasteiger charge is 2.69. The van der Waals surface area contributed by atoms with Gasteiger partial charge in [0.05, 0.1) is 27.5 Å². The molecule has 3 heterocycles. The molecule has 2 aromatic carbocycles. The van der Waals surface area contributed by atoms with Crippen molar-refractivity contribution in [3.8, 4) is 0 Å². The maximum absolute atomic E-state index is 13.8. The topological polar surface area (TPSA) is 117 Å². The number of hydrogen-bond acceptors (Lipinski definition) is 8. The van der Waals surface area contributed by atoms with E-state index in [1.807, 2.05) is 19.0 Å². The van der Waals surface area contributed by atoms with Gasteiger partial charge >= 0.3 is 4.87 Å². The summed E-state index contributed by atoms with van der Waals surface area (Å²) in [6.45, 7) is 0. The molecule has 0 spiro atoms. The zero-order valence-corrected chi connectivity index (χ0v) is 22.2. The van der Waals surface area contributed by atoms with E-state index < -0.39 is 16.8 Å². The molecule has 7 atom stereocenters. The minimum atomic E-state index is -0.498. The van der Waals surface area contributed by atoms with Crippen LogP contribution in [0, 0.1) is 39.7 Å². The molecule has 7 rings (SSSR count). The van der Waals surface area contributed by atoms with Crippen LogP contribution >= 0.6 is 23.1 Å². The van der Waals surface area contributed by atoms with Gasteiger partial charge in [-0.25, -0.2) is 0 Å². The lowest BCUT2D eigenvalue weighted by Crippen LogP contribution is -2.42. The second kappa shape index (κ2) is 8.28. The molecule has 2 saturated carbocycles. The first-order valence-electron chi connectivity index (χ1n) is 12.5. The fraction of sp³-hybridized carbons (Fsp3) is 0.370. The number of thiazole rings is 1. The largest absolute Gasteiger partial charge is 0.378 e. The van der Waals surface area contributed by atoms with E-state index >= 15 is 0 Å². The van der Waals surface area contributed by atoms with E-state index in [-0.39, 0.29) is 51.3 Å². The molecule has 1 saturated heterocycles. The summed E-state index contributed by atoms with van der Waals surface area (Å²) in [5.74, 6) is -1.08. The third kappa shape index (κ3) is 3.21. The molecule has 9 nitrogen and oxygen atoms in total. The number of fused-ring (bicyclic) bond motifs is 9. The van der Waals surface area contributed by atoms with Gasteiger partial charge < -0.3 is 9.88 Å². The molecule has 0 radical (unpaired) electrons. The first-order chi connectivity index (χ1) is 18.2. The van der Waals surface area contributed by atoms with Gasteiger partial charge in [-0.2, -0.15) is 0 Å². The Hall–Kier alpha value is -3.44. The number of aromatic nitrogens is 1. The van der Waals surface area contributed by atoms with Crippen molar-refractivity contribution in [3.05, 3.63) is 78.8 Å². The van der Waals surface area contributed by atoms with Crippen molar-refractivity contribution in [1.82, 2.24) is 4.98 Å².